The van der Waals surface area contributed by atoms with Crippen LogP contribution in [0.1, 0.15) is 72.1 Å². The third kappa shape index (κ3) is 6.37. The molecule has 0 spiro atoms. The van der Waals surface area contributed by atoms with Crippen LogP contribution in [-0.2, 0) is 9.84 Å². The van der Waals surface area contributed by atoms with E-state index in [1.54, 1.807) is 0 Å². The fraction of sp³-hybridized carbons (Fsp3) is 0.952. The van der Waals surface area contributed by atoms with Crippen molar-refractivity contribution in [1.29, 1.82) is 0 Å². The van der Waals surface area contributed by atoms with E-state index in [-0.39, 0.29) is 5.92 Å². The Kier molecular flexibility index (Phi) is 7.09. The van der Waals surface area contributed by atoms with Gasteiger partial charge in [0, 0.05) is 18.6 Å². The average Bonchev–Trinajstić information content (AvgIpc) is 2.93. The Morgan fingerprint density at radius 3 is 2.30 bits per heavy atom. The van der Waals surface area contributed by atoms with Crippen molar-refractivity contribution < 1.29 is 8.42 Å². The highest BCUT2D eigenvalue weighted by Gasteiger charge is 2.29. The lowest BCUT2D eigenvalue weighted by atomic mass is 9.80. The summed E-state index contributed by atoms with van der Waals surface area (Å²) in [4.78, 5) is 4.87. The number of nitrogens with one attached hydrogen (secondary N) is 2. The van der Waals surface area contributed by atoms with Gasteiger partial charge in [-0.15, -0.1) is 0 Å². The van der Waals surface area contributed by atoms with Crippen LogP contribution >= 0.6 is 0 Å². The van der Waals surface area contributed by atoms with E-state index >= 15 is 0 Å². The van der Waals surface area contributed by atoms with Gasteiger partial charge in [0.2, 0.25) is 0 Å². The molecule has 156 valence electrons. The molecule has 1 saturated heterocycles. The first kappa shape index (κ1) is 20.9. The van der Waals surface area contributed by atoms with Crippen LogP contribution in [0.2, 0.25) is 0 Å². The summed E-state index contributed by atoms with van der Waals surface area (Å²) >= 11 is 0. The third-order valence-electron chi connectivity index (χ3n) is 6.79. The van der Waals surface area contributed by atoms with E-state index in [9.17, 15) is 8.42 Å². The van der Waals surface area contributed by atoms with Crippen molar-refractivity contribution in [3.05, 3.63) is 0 Å². The van der Waals surface area contributed by atoms with Gasteiger partial charge in [-0.2, -0.15) is 0 Å². The number of hydrogen-bond donors (Lipinski definition) is 2. The van der Waals surface area contributed by atoms with E-state index in [1.807, 2.05) is 0 Å². The van der Waals surface area contributed by atoms with Gasteiger partial charge in [0.15, 0.2) is 15.8 Å². The lowest BCUT2D eigenvalue weighted by molar-refractivity contribution is 0.252. The minimum Gasteiger partial charge on any atom is -0.354 e. The molecule has 1 aliphatic heterocycles. The fourth-order valence-electron chi connectivity index (χ4n) is 5.33. The first-order chi connectivity index (χ1) is 12.8. The van der Waals surface area contributed by atoms with Crippen molar-refractivity contribution in [1.82, 2.24) is 10.6 Å². The Bertz CT molecular complexity index is 609. The molecule has 0 aromatic carbocycles. The predicted molar refractivity (Wildman–Crippen MR) is 113 cm³/mol. The molecule has 0 radical (unpaired) electrons. The van der Waals surface area contributed by atoms with Crippen LogP contribution in [0.15, 0.2) is 4.99 Å². The number of aliphatic imine (C=N–C) groups is 1. The summed E-state index contributed by atoms with van der Waals surface area (Å²) in [6.45, 7) is 7.65. The summed E-state index contributed by atoms with van der Waals surface area (Å²) in [5.41, 5.74) is 0. The van der Waals surface area contributed by atoms with Crippen molar-refractivity contribution >= 4 is 15.8 Å². The van der Waals surface area contributed by atoms with Crippen molar-refractivity contribution in [3.8, 4) is 0 Å². The number of nitrogens with zero attached hydrogens (tertiary/aromatic N) is 1. The van der Waals surface area contributed by atoms with Crippen LogP contribution in [0.5, 0.6) is 0 Å². The van der Waals surface area contributed by atoms with E-state index in [2.05, 4.69) is 31.4 Å². The highest BCUT2D eigenvalue weighted by atomic mass is 32.2. The van der Waals surface area contributed by atoms with Crippen molar-refractivity contribution in [2.45, 2.75) is 84.2 Å². The molecule has 5 unspecified atom stereocenters. The van der Waals surface area contributed by atoms with Crippen LogP contribution < -0.4 is 10.6 Å². The highest BCUT2D eigenvalue weighted by Crippen LogP contribution is 2.29. The van der Waals surface area contributed by atoms with Crippen LogP contribution in [0.25, 0.3) is 0 Å². The molecule has 0 amide bonds. The summed E-state index contributed by atoms with van der Waals surface area (Å²) in [5.74, 6) is 3.91. The first-order valence-corrected chi connectivity index (χ1v) is 12.9. The van der Waals surface area contributed by atoms with Crippen molar-refractivity contribution in [3.63, 3.8) is 0 Å². The molecule has 2 aliphatic carbocycles. The maximum Gasteiger partial charge on any atom is 0.191 e. The van der Waals surface area contributed by atoms with Gasteiger partial charge in [0.25, 0.3) is 0 Å². The average molecular weight is 398 g/mol. The first-order valence-electron chi connectivity index (χ1n) is 11.1. The molecule has 2 saturated carbocycles. The van der Waals surface area contributed by atoms with Gasteiger partial charge >= 0.3 is 0 Å². The molecule has 0 bridgehead atoms. The van der Waals surface area contributed by atoms with E-state index < -0.39 is 9.84 Å². The number of guanidine groups is 1. The smallest absolute Gasteiger partial charge is 0.191 e. The lowest BCUT2D eigenvalue weighted by Gasteiger charge is -2.35. The fourth-order valence-corrected chi connectivity index (χ4v) is 7.18. The van der Waals surface area contributed by atoms with E-state index in [4.69, 9.17) is 4.99 Å². The van der Waals surface area contributed by atoms with Crippen LogP contribution in [0, 0.1) is 23.7 Å². The summed E-state index contributed by atoms with van der Waals surface area (Å²) in [6, 6.07) is 0.956. The number of sulfone groups is 1. The van der Waals surface area contributed by atoms with Crippen molar-refractivity contribution in [2.75, 3.05) is 18.1 Å². The Hall–Kier alpha value is -0.780. The zero-order valence-corrected chi connectivity index (χ0v) is 18.2. The standard InChI is InChI=1S/C21H39N3O2S/c1-15-10-16(2)12-19(11-15)23-21(24-20-7-5-4-6-17(20)3)22-13-18-8-9-27(25,26)14-18/h15-20H,4-14H2,1-3H3,(H2,22,23,24). The topological polar surface area (TPSA) is 70.6 Å². The third-order valence-corrected chi connectivity index (χ3v) is 8.62. The lowest BCUT2D eigenvalue weighted by Crippen LogP contribution is -2.51. The van der Waals surface area contributed by atoms with Gasteiger partial charge in [0.05, 0.1) is 11.5 Å². The van der Waals surface area contributed by atoms with Gasteiger partial charge in [0.1, 0.15) is 0 Å². The molecule has 0 aromatic heterocycles. The molecule has 2 N–H and O–H groups in total. The largest absolute Gasteiger partial charge is 0.354 e. The molecule has 3 aliphatic rings. The Labute approximate surface area is 166 Å². The second kappa shape index (κ2) is 9.15. The Morgan fingerprint density at radius 1 is 0.963 bits per heavy atom. The normalized spacial score (nSPS) is 39.9. The second-order valence-electron chi connectivity index (χ2n) is 9.73. The SMILES string of the molecule is CC1CC(C)CC(NC(=NCC2CCS(=O)(=O)C2)NC2CCCCC2C)C1. The molecule has 1 heterocycles. The van der Waals surface area contributed by atoms with Crippen molar-refractivity contribution in [2.24, 2.45) is 28.7 Å². The molecule has 0 aromatic rings. The van der Waals surface area contributed by atoms with Gasteiger partial charge < -0.3 is 10.6 Å². The van der Waals surface area contributed by atoms with Crippen LogP contribution in [0.3, 0.4) is 0 Å². The zero-order chi connectivity index (χ0) is 19.4. The molecular formula is C21H39N3O2S. The molecule has 6 heteroatoms. The molecule has 3 rings (SSSR count). The highest BCUT2D eigenvalue weighted by molar-refractivity contribution is 7.91. The quantitative estimate of drug-likeness (QED) is 0.564. The summed E-state index contributed by atoms with van der Waals surface area (Å²) in [5, 5.41) is 7.44. The van der Waals surface area contributed by atoms with Crippen LogP contribution in [0.4, 0.5) is 0 Å². The zero-order valence-electron chi connectivity index (χ0n) is 17.4. The summed E-state index contributed by atoms with van der Waals surface area (Å²) in [6.07, 6.45) is 9.57. The summed E-state index contributed by atoms with van der Waals surface area (Å²) in [7, 11) is -2.83. The minimum atomic E-state index is -2.83. The monoisotopic (exact) mass is 397 g/mol. The number of rotatable bonds is 4. The number of hydrogen-bond acceptors (Lipinski definition) is 3. The molecule has 3 fully saturated rings. The summed E-state index contributed by atoms with van der Waals surface area (Å²) < 4.78 is 23.5. The molecule has 5 nitrogen and oxygen atoms in total. The Morgan fingerprint density at radius 2 is 1.67 bits per heavy atom. The minimum absolute atomic E-state index is 0.182. The maximum absolute atomic E-state index is 11.8. The van der Waals surface area contributed by atoms with Gasteiger partial charge in [-0.05, 0) is 62.2 Å². The van der Waals surface area contributed by atoms with Crippen LogP contribution in [-0.4, -0.2) is 44.5 Å². The van der Waals surface area contributed by atoms with E-state index in [0.29, 0.717) is 36.1 Å². The van der Waals surface area contributed by atoms with Gasteiger partial charge in [-0.3, -0.25) is 4.99 Å². The van der Waals surface area contributed by atoms with E-state index in [1.165, 1.54) is 44.9 Å². The molecular weight excluding hydrogens is 358 g/mol. The van der Waals surface area contributed by atoms with Gasteiger partial charge in [-0.25, -0.2) is 8.42 Å². The van der Waals surface area contributed by atoms with Gasteiger partial charge in [-0.1, -0.05) is 33.6 Å². The molecule has 27 heavy (non-hydrogen) atoms. The Balaban J connectivity index is 1.64. The second-order valence-corrected chi connectivity index (χ2v) is 12.0. The predicted octanol–water partition coefficient (Wildman–Crippen LogP) is 3.36. The maximum atomic E-state index is 11.8. The van der Waals surface area contributed by atoms with E-state index in [0.717, 1.165) is 24.2 Å². The molecule has 5 atom stereocenters.